The van der Waals surface area contributed by atoms with Crippen LogP contribution < -0.4 is 9.47 Å². The van der Waals surface area contributed by atoms with E-state index >= 15 is 0 Å². The molecule has 0 aliphatic carbocycles. The van der Waals surface area contributed by atoms with Crippen LogP contribution in [-0.2, 0) is 0 Å². The van der Waals surface area contributed by atoms with E-state index in [2.05, 4.69) is 14.5 Å². The molecule has 1 aliphatic rings. The number of ether oxygens (including phenoxy) is 2. The van der Waals surface area contributed by atoms with Gasteiger partial charge in [0.15, 0.2) is 40.6 Å². The van der Waals surface area contributed by atoms with Crippen molar-refractivity contribution in [3.63, 3.8) is 0 Å². The summed E-state index contributed by atoms with van der Waals surface area (Å²) in [7, 11) is 1.44. The summed E-state index contributed by atoms with van der Waals surface area (Å²) in [6, 6.07) is 0. The number of carbonyl (C=O) groups excluding carboxylic acids is 1. The van der Waals surface area contributed by atoms with Gasteiger partial charge in [-0.25, -0.2) is 22.6 Å². The number of aromatic amines is 1. The van der Waals surface area contributed by atoms with Gasteiger partial charge >= 0.3 is 0 Å². The van der Waals surface area contributed by atoms with Gasteiger partial charge in [-0.2, -0.15) is 17.6 Å². The first-order chi connectivity index (χ1) is 16.0. The number of carbonyl (C=O) groups is 1. The van der Waals surface area contributed by atoms with Crippen molar-refractivity contribution in [3.05, 3.63) is 63.2 Å². The maximum atomic E-state index is 14.6. The summed E-state index contributed by atoms with van der Waals surface area (Å²) in [5, 5.41) is 10.2. The molecule has 0 bridgehead atoms. The molecule has 0 fully saturated rings. The second-order valence-electron chi connectivity index (χ2n) is 6.69. The topological polar surface area (TPSA) is 83.9 Å². The second kappa shape index (κ2) is 7.74. The van der Waals surface area contributed by atoms with Gasteiger partial charge in [0.05, 0.1) is 47.9 Å². The Bertz CT molecular complexity index is 1390. The third-order valence-corrected chi connectivity index (χ3v) is 4.99. The Morgan fingerprint density at radius 3 is 1.47 bits per heavy atom. The quantitative estimate of drug-likeness (QED) is 0.415. The predicted molar refractivity (Wildman–Crippen MR) is 97.1 cm³/mol. The van der Waals surface area contributed by atoms with E-state index in [1.807, 2.05) is 4.98 Å². The number of aromatic nitrogens is 1. The zero-order valence-electron chi connectivity index (χ0n) is 16.6. The predicted octanol–water partition coefficient (Wildman–Crippen LogP) is 4.51. The molecule has 0 saturated carbocycles. The van der Waals surface area contributed by atoms with Gasteiger partial charge in [-0.3, -0.25) is 4.79 Å². The monoisotopic (exact) mass is 492 g/mol. The number of halogens is 8. The number of hydrogen-bond donors (Lipinski definition) is 2. The maximum absolute atomic E-state index is 14.6. The molecule has 1 amide bonds. The molecule has 0 spiro atoms. The highest BCUT2D eigenvalue weighted by atomic mass is 19.2. The SMILES string of the molecule is COc1c(F)c(F)c(C2=NC(=O)c3c(-c4c(F)c(F)c(OC)c(F)c4F)[nH]c(O)c32)c(F)c1F. The molecule has 34 heavy (non-hydrogen) atoms. The summed E-state index contributed by atoms with van der Waals surface area (Å²) in [5.74, 6) is -21.9. The number of fused-ring (bicyclic) bond motifs is 1. The molecular formula is C20H8F8N2O4. The first kappa shape index (κ1) is 23.1. The Labute approximate surface area is 183 Å². The van der Waals surface area contributed by atoms with Crippen molar-refractivity contribution < 1.29 is 54.5 Å². The number of aromatic hydroxyl groups is 1. The fraction of sp³-hybridized carbons (Fsp3) is 0.100. The highest BCUT2D eigenvalue weighted by Crippen LogP contribution is 2.43. The average Bonchev–Trinajstić information content (AvgIpc) is 3.31. The van der Waals surface area contributed by atoms with E-state index in [0.717, 1.165) is 14.2 Å². The van der Waals surface area contributed by atoms with Gasteiger partial charge in [-0.1, -0.05) is 0 Å². The molecule has 2 N–H and O–H groups in total. The van der Waals surface area contributed by atoms with Crippen molar-refractivity contribution in [2.45, 2.75) is 0 Å². The number of hydrogen-bond acceptors (Lipinski definition) is 4. The Morgan fingerprint density at radius 2 is 1.06 bits per heavy atom. The van der Waals surface area contributed by atoms with Crippen LogP contribution in [0.3, 0.4) is 0 Å². The molecule has 0 unspecified atom stereocenters. The van der Waals surface area contributed by atoms with E-state index in [9.17, 15) is 45.0 Å². The Kier molecular flexibility index (Phi) is 5.25. The second-order valence-corrected chi connectivity index (χ2v) is 6.69. The minimum absolute atomic E-state index is 0.717. The number of amides is 1. The Balaban J connectivity index is 2.02. The number of rotatable bonds is 4. The molecule has 3 aromatic rings. The maximum Gasteiger partial charge on any atom is 0.280 e. The minimum atomic E-state index is -2.07. The van der Waals surface area contributed by atoms with E-state index < -0.39 is 103 Å². The fourth-order valence-corrected chi connectivity index (χ4v) is 3.52. The van der Waals surface area contributed by atoms with E-state index in [1.165, 1.54) is 0 Å². The van der Waals surface area contributed by atoms with Crippen LogP contribution in [0.1, 0.15) is 21.5 Å². The van der Waals surface area contributed by atoms with Gasteiger partial charge in [0.25, 0.3) is 5.91 Å². The summed E-state index contributed by atoms with van der Waals surface area (Å²) >= 11 is 0. The first-order valence-corrected chi connectivity index (χ1v) is 8.86. The highest BCUT2D eigenvalue weighted by molar-refractivity contribution is 6.30. The summed E-state index contributed by atoms with van der Waals surface area (Å²) < 4.78 is 123. The third-order valence-electron chi connectivity index (χ3n) is 4.99. The number of nitrogens with one attached hydrogen (secondary N) is 1. The number of nitrogens with zero attached hydrogens (tertiary/aromatic N) is 1. The summed E-state index contributed by atoms with van der Waals surface area (Å²) in [6.07, 6.45) is 0. The van der Waals surface area contributed by atoms with Crippen molar-refractivity contribution in [1.29, 1.82) is 0 Å². The lowest BCUT2D eigenvalue weighted by Crippen LogP contribution is -2.12. The molecule has 14 heteroatoms. The zero-order chi connectivity index (χ0) is 25.2. The van der Waals surface area contributed by atoms with Crippen molar-refractivity contribution in [2.75, 3.05) is 14.2 Å². The fourth-order valence-electron chi connectivity index (χ4n) is 3.52. The number of H-pyrrole nitrogens is 1. The van der Waals surface area contributed by atoms with E-state index in [1.54, 1.807) is 0 Å². The molecule has 4 rings (SSSR count). The van der Waals surface area contributed by atoms with Crippen molar-refractivity contribution >= 4 is 11.6 Å². The lowest BCUT2D eigenvalue weighted by molar-refractivity contribution is 0.101. The molecule has 178 valence electrons. The smallest absolute Gasteiger partial charge is 0.280 e. The molecule has 2 aromatic carbocycles. The third kappa shape index (κ3) is 2.87. The zero-order valence-corrected chi connectivity index (χ0v) is 16.6. The van der Waals surface area contributed by atoms with E-state index in [4.69, 9.17) is 0 Å². The largest absolute Gasteiger partial charge is 0.494 e. The van der Waals surface area contributed by atoms with Gasteiger partial charge in [0.2, 0.25) is 23.3 Å². The van der Waals surface area contributed by atoms with Crippen LogP contribution in [0.15, 0.2) is 4.99 Å². The standard InChI is InChI=1S/C20H8F8N2O4/c1-33-17-11(25)7(21)5(8(22)12(17)26)15-3-4(20(32)29-15)16(30-19(3)31)6-9(23)13(27)18(34-2)14(28)10(6)24/h29,32H,1-2H3. The Morgan fingerprint density at radius 1 is 0.647 bits per heavy atom. The van der Waals surface area contributed by atoms with Crippen LogP contribution in [0, 0.1) is 46.5 Å². The van der Waals surface area contributed by atoms with Crippen molar-refractivity contribution in [1.82, 2.24) is 4.98 Å². The van der Waals surface area contributed by atoms with Crippen LogP contribution in [0.5, 0.6) is 17.4 Å². The van der Waals surface area contributed by atoms with Crippen molar-refractivity contribution in [2.24, 2.45) is 4.99 Å². The van der Waals surface area contributed by atoms with Crippen LogP contribution in [0.25, 0.3) is 11.3 Å². The lowest BCUT2D eigenvalue weighted by Gasteiger charge is -2.11. The van der Waals surface area contributed by atoms with Gasteiger partial charge < -0.3 is 19.6 Å². The molecule has 1 aromatic heterocycles. The van der Waals surface area contributed by atoms with Crippen LogP contribution in [0.4, 0.5) is 35.1 Å². The van der Waals surface area contributed by atoms with Gasteiger partial charge in [-0.05, 0) is 0 Å². The first-order valence-electron chi connectivity index (χ1n) is 8.86. The minimum Gasteiger partial charge on any atom is -0.494 e. The van der Waals surface area contributed by atoms with E-state index in [-0.39, 0.29) is 0 Å². The summed E-state index contributed by atoms with van der Waals surface area (Å²) in [5.41, 5.74) is -7.23. The number of aliphatic imine (C=N–C) groups is 1. The molecule has 1 aliphatic heterocycles. The molecule has 0 saturated heterocycles. The molecule has 0 radical (unpaired) electrons. The van der Waals surface area contributed by atoms with Gasteiger partial charge in [0, 0.05) is 0 Å². The molecular weight excluding hydrogens is 484 g/mol. The van der Waals surface area contributed by atoms with Crippen molar-refractivity contribution in [3.8, 4) is 28.6 Å². The molecule has 0 atom stereocenters. The lowest BCUT2D eigenvalue weighted by atomic mass is 9.98. The summed E-state index contributed by atoms with van der Waals surface area (Å²) in [6.45, 7) is 0. The Hall–Kier alpha value is -4.10. The summed E-state index contributed by atoms with van der Waals surface area (Å²) in [4.78, 5) is 17.5. The van der Waals surface area contributed by atoms with Crippen LogP contribution >= 0.6 is 0 Å². The van der Waals surface area contributed by atoms with Crippen LogP contribution in [0.2, 0.25) is 0 Å². The highest BCUT2D eigenvalue weighted by Gasteiger charge is 2.41. The normalized spacial score (nSPS) is 12.8. The molecule has 6 nitrogen and oxygen atoms in total. The molecule has 2 heterocycles. The van der Waals surface area contributed by atoms with E-state index in [0.29, 0.717) is 0 Å². The average molecular weight is 492 g/mol. The number of methoxy groups -OCH3 is 2. The van der Waals surface area contributed by atoms with Gasteiger partial charge in [-0.15, -0.1) is 0 Å². The van der Waals surface area contributed by atoms with Gasteiger partial charge in [0.1, 0.15) is 0 Å². The number of benzene rings is 2. The van der Waals surface area contributed by atoms with Crippen LogP contribution in [-0.4, -0.2) is 35.9 Å².